The first-order valence-electron chi connectivity index (χ1n) is 39.7. The molecule has 0 aliphatic carbocycles. The third-order valence-electron chi connectivity index (χ3n) is 18.2. The second-order valence-corrected chi connectivity index (χ2v) is 32.3. The fourth-order valence-electron chi connectivity index (χ4n) is 11.7. The predicted molar refractivity (Wildman–Crippen MR) is 391 cm³/mol. The predicted octanol–water partition coefficient (Wildman–Crippen LogP) is 22.4. The summed E-state index contributed by atoms with van der Waals surface area (Å²) in [6.07, 6.45) is 51.4. The molecule has 96 heavy (non-hydrogen) atoms. The Hall–Kier alpha value is -1.94. The van der Waals surface area contributed by atoms with Crippen LogP contribution in [0.25, 0.3) is 0 Å². The van der Waals surface area contributed by atoms with Gasteiger partial charge in [-0.3, -0.25) is 37.3 Å². The number of hydrogen-bond acceptors (Lipinski definition) is 15. The number of aliphatic hydroxyl groups is 1. The number of hydrogen-bond donors (Lipinski definition) is 3. The van der Waals surface area contributed by atoms with Crippen LogP contribution in [-0.4, -0.2) is 96.7 Å². The molecule has 0 bridgehead atoms. The van der Waals surface area contributed by atoms with Gasteiger partial charge in [-0.05, 0) is 49.4 Å². The molecule has 0 rings (SSSR count). The maximum absolute atomic E-state index is 13.1. The molecule has 6 atom stereocenters. The number of unbranched alkanes of at least 4 members (excludes halogenated alkanes) is 39. The lowest BCUT2D eigenvalue weighted by molar-refractivity contribution is -0.161. The Balaban J connectivity index is 5.24. The highest BCUT2D eigenvalue weighted by Gasteiger charge is 2.30. The van der Waals surface area contributed by atoms with Crippen LogP contribution in [0, 0.1) is 23.7 Å². The van der Waals surface area contributed by atoms with Crippen molar-refractivity contribution in [2.75, 3.05) is 39.6 Å². The third kappa shape index (κ3) is 69.2. The van der Waals surface area contributed by atoms with Crippen LogP contribution in [0.1, 0.15) is 389 Å². The van der Waals surface area contributed by atoms with Gasteiger partial charge in [-0.15, -0.1) is 0 Å². The van der Waals surface area contributed by atoms with Crippen molar-refractivity contribution >= 4 is 39.5 Å². The first-order chi connectivity index (χ1) is 46.1. The molecule has 0 aromatic rings. The second-order valence-electron chi connectivity index (χ2n) is 29.4. The van der Waals surface area contributed by atoms with E-state index >= 15 is 0 Å². The van der Waals surface area contributed by atoms with E-state index in [-0.39, 0.29) is 25.7 Å². The third-order valence-corrected chi connectivity index (χ3v) is 20.1. The van der Waals surface area contributed by atoms with E-state index in [0.29, 0.717) is 31.6 Å². The highest BCUT2D eigenvalue weighted by Crippen LogP contribution is 2.45. The van der Waals surface area contributed by atoms with E-state index in [0.717, 1.165) is 114 Å². The van der Waals surface area contributed by atoms with Gasteiger partial charge in [0.15, 0.2) is 12.2 Å². The normalized spacial score (nSPS) is 14.4. The quantitative estimate of drug-likeness (QED) is 0.0222. The van der Waals surface area contributed by atoms with Crippen LogP contribution < -0.4 is 0 Å². The van der Waals surface area contributed by atoms with Gasteiger partial charge in [-0.1, -0.05) is 338 Å². The number of phosphoric ester groups is 2. The molecular weight excluding hydrogens is 1260 g/mol. The average Bonchev–Trinajstić information content (AvgIpc) is 1.23. The zero-order chi connectivity index (χ0) is 71.0. The molecule has 0 amide bonds. The van der Waals surface area contributed by atoms with Crippen LogP contribution in [0.5, 0.6) is 0 Å². The minimum atomic E-state index is -4.96. The number of rotatable bonds is 74. The van der Waals surface area contributed by atoms with Crippen LogP contribution in [0.3, 0.4) is 0 Å². The minimum Gasteiger partial charge on any atom is -0.462 e. The molecule has 0 radical (unpaired) electrons. The van der Waals surface area contributed by atoms with E-state index in [4.69, 9.17) is 37.0 Å². The van der Waals surface area contributed by atoms with Crippen molar-refractivity contribution in [3.05, 3.63) is 0 Å². The fourth-order valence-corrected chi connectivity index (χ4v) is 13.3. The zero-order valence-electron chi connectivity index (χ0n) is 63.0. The van der Waals surface area contributed by atoms with Crippen LogP contribution in [0.4, 0.5) is 0 Å². The smallest absolute Gasteiger partial charge is 0.462 e. The van der Waals surface area contributed by atoms with Gasteiger partial charge < -0.3 is 33.8 Å². The van der Waals surface area contributed by atoms with Gasteiger partial charge >= 0.3 is 39.5 Å². The number of carbonyl (C=O) groups is 4. The summed E-state index contributed by atoms with van der Waals surface area (Å²) in [5.41, 5.74) is 0. The Labute approximate surface area is 588 Å². The summed E-state index contributed by atoms with van der Waals surface area (Å²) in [5, 5.41) is 10.6. The summed E-state index contributed by atoms with van der Waals surface area (Å²) in [4.78, 5) is 72.8. The van der Waals surface area contributed by atoms with Crippen LogP contribution in [0.2, 0.25) is 0 Å². The Bertz CT molecular complexity index is 1890. The van der Waals surface area contributed by atoms with Gasteiger partial charge in [0, 0.05) is 25.7 Å². The Morgan fingerprint density at radius 2 is 0.500 bits per heavy atom. The summed E-state index contributed by atoms with van der Waals surface area (Å²) in [5.74, 6) is 0.952. The number of carbonyl (C=O) groups excluding carboxylic acids is 4. The van der Waals surface area contributed by atoms with E-state index in [2.05, 4.69) is 55.4 Å². The van der Waals surface area contributed by atoms with Crippen LogP contribution in [0.15, 0.2) is 0 Å². The van der Waals surface area contributed by atoms with E-state index < -0.39 is 97.5 Å². The van der Waals surface area contributed by atoms with Crippen molar-refractivity contribution in [1.82, 2.24) is 0 Å². The van der Waals surface area contributed by atoms with E-state index in [1.807, 2.05) is 0 Å². The largest absolute Gasteiger partial charge is 0.472 e. The number of phosphoric acid groups is 2. The Morgan fingerprint density at radius 3 is 0.740 bits per heavy atom. The molecule has 19 heteroatoms. The van der Waals surface area contributed by atoms with Crippen molar-refractivity contribution in [2.45, 2.75) is 408 Å². The maximum atomic E-state index is 13.1. The van der Waals surface area contributed by atoms with E-state index in [9.17, 15) is 43.2 Å². The van der Waals surface area contributed by atoms with Gasteiger partial charge in [0.25, 0.3) is 0 Å². The summed E-state index contributed by atoms with van der Waals surface area (Å²) < 4.78 is 68.5. The van der Waals surface area contributed by atoms with E-state index in [1.165, 1.54) is 186 Å². The van der Waals surface area contributed by atoms with Gasteiger partial charge in [0.1, 0.15) is 19.3 Å². The lowest BCUT2D eigenvalue weighted by Crippen LogP contribution is -2.30. The molecule has 0 aliphatic rings. The molecule has 0 spiro atoms. The van der Waals surface area contributed by atoms with Crippen molar-refractivity contribution in [2.24, 2.45) is 23.7 Å². The number of aliphatic hydroxyl groups excluding tert-OH is 1. The molecular formula is C77H150O17P2. The maximum Gasteiger partial charge on any atom is 0.472 e. The molecule has 0 saturated carbocycles. The summed E-state index contributed by atoms with van der Waals surface area (Å²) in [7, 11) is -9.91. The number of esters is 4. The van der Waals surface area contributed by atoms with Gasteiger partial charge in [-0.25, -0.2) is 9.13 Å². The Kier molecular flexibility index (Phi) is 65.0. The van der Waals surface area contributed by atoms with Crippen LogP contribution in [-0.2, 0) is 65.4 Å². The topological polar surface area (TPSA) is 237 Å². The summed E-state index contributed by atoms with van der Waals surface area (Å²) in [6.45, 7) is 14.2. The SMILES string of the molecule is CCC(C)CCCCCCCCCCCCCCCCC(=O)O[C@H](COC(=O)CCCCCCCCCCCCCCC(C)C)COP(=O)(O)OC[C@@H](O)COP(=O)(O)OC[C@@H](COC(=O)CCCCCCCCC(C)C)OC(=O)CCCCCCCCCCCCCC(C)C. The van der Waals surface area contributed by atoms with Crippen molar-refractivity contribution in [3.8, 4) is 0 Å². The molecule has 3 N–H and O–H groups in total. The van der Waals surface area contributed by atoms with E-state index in [1.54, 1.807) is 0 Å². The highest BCUT2D eigenvalue weighted by molar-refractivity contribution is 7.47. The molecule has 0 fully saturated rings. The average molecular weight is 1410 g/mol. The fraction of sp³-hybridized carbons (Fsp3) is 0.948. The lowest BCUT2D eigenvalue weighted by Gasteiger charge is -2.21. The van der Waals surface area contributed by atoms with Crippen molar-refractivity contribution < 1.29 is 80.2 Å². The second kappa shape index (κ2) is 66.3. The first-order valence-corrected chi connectivity index (χ1v) is 42.7. The molecule has 17 nitrogen and oxygen atoms in total. The highest BCUT2D eigenvalue weighted by atomic mass is 31.2. The molecule has 0 aromatic carbocycles. The van der Waals surface area contributed by atoms with Crippen LogP contribution >= 0.6 is 15.6 Å². The van der Waals surface area contributed by atoms with Gasteiger partial charge in [0.2, 0.25) is 0 Å². The lowest BCUT2D eigenvalue weighted by atomic mass is 9.99. The molecule has 570 valence electrons. The molecule has 0 aliphatic heterocycles. The molecule has 3 unspecified atom stereocenters. The van der Waals surface area contributed by atoms with Crippen molar-refractivity contribution in [1.29, 1.82) is 0 Å². The minimum absolute atomic E-state index is 0.105. The molecule has 0 saturated heterocycles. The summed E-state index contributed by atoms with van der Waals surface area (Å²) in [6, 6.07) is 0. The molecule has 0 heterocycles. The van der Waals surface area contributed by atoms with Gasteiger partial charge in [-0.2, -0.15) is 0 Å². The first kappa shape index (κ1) is 94.1. The monoisotopic (exact) mass is 1410 g/mol. The standard InChI is InChI=1S/C77H150O17P2/c1-9-70(8)56-48-40-31-25-19-12-10-11-13-21-27-33-43-51-59-76(81)93-72(63-87-74(79)57-49-41-32-26-20-15-14-17-23-29-37-45-53-67(2)3)65-91-95(83,84)89-61-71(78)62-90-96(85,86)92-66-73(64-88-75(80)58-50-42-36-35-39-47-55-69(6)7)94-77(82)60-52-44-34-28-22-16-18-24-30-38-46-54-68(4)5/h67-73,78H,9-66H2,1-8H3,(H,83,84)(H,85,86)/t70?,71-,72-,73-/m1/s1. The van der Waals surface area contributed by atoms with Crippen molar-refractivity contribution in [3.63, 3.8) is 0 Å². The zero-order valence-corrected chi connectivity index (χ0v) is 64.8. The van der Waals surface area contributed by atoms with Gasteiger partial charge in [0.05, 0.1) is 26.4 Å². The Morgan fingerprint density at radius 1 is 0.292 bits per heavy atom. The summed E-state index contributed by atoms with van der Waals surface area (Å²) >= 11 is 0. The molecule has 0 aromatic heterocycles. The number of ether oxygens (including phenoxy) is 4.